The van der Waals surface area contributed by atoms with Crippen molar-refractivity contribution in [3.8, 4) is 0 Å². The topological polar surface area (TPSA) is 52.7 Å². The molecule has 21 heavy (non-hydrogen) atoms. The number of carbonyl (C=O) groups excluding carboxylic acids is 2. The second-order valence-corrected chi connectivity index (χ2v) is 6.48. The highest BCUT2D eigenvalue weighted by Gasteiger charge is 2.43. The number of nitrogens with one attached hydrogen (secondary N) is 1. The summed E-state index contributed by atoms with van der Waals surface area (Å²) in [4.78, 5) is 29.4. The minimum absolute atomic E-state index is 0.00600. The fraction of sp³-hybridized carbons (Fsp3) is 0.875. The number of likely N-dealkylation sites (tertiary alicyclic amines) is 1. The molecule has 5 heteroatoms. The van der Waals surface area contributed by atoms with Gasteiger partial charge >= 0.3 is 0 Å². The van der Waals surface area contributed by atoms with Crippen molar-refractivity contribution in [3.05, 3.63) is 0 Å². The van der Waals surface area contributed by atoms with Gasteiger partial charge in [-0.2, -0.15) is 0 Å². The standard InChI is InChI=1S/C16H29N3O2/c1-5-11(3)14-16(21)19(12(4)15(20)17-14)13-8-7-9-18(6-2)10-13/h11-14H,5-10H2,1-4H3,(H,17,20). The average molecular weight is 295 g/mol. The second-order valence-electron chi connectivity index (χ2n) is 6.48. The lowest BCUT2D eigenvalue weighted by molar-refractivity contribution is -0.154. The lowest BCUT2D eigenvalue weighted by atomic mass is 9.92. The molecule has 2 fully saturated rings. The largest absolute Gasteiger partial charge is 0.342 e. The Morgan fingerprint density at radius 1 is 1.33 bits per heavy atom. The maximum Gasteiger partial charge on any atom is 0.246 e. The van der Waals surface area contributed by atoms with Crippen LogP contribution < -0.4 is 5.32 Å². The highest BCUT2D eigenvalue weighted by atomic mass is 16.2. The van der Waals surface area contributed by atoms with Gasteiger partial charge in [0.2, 0.25) is 11.8 Å². The molecule has 120 valence electrons. The lowest BCUT2D eigenvalue weighted by Crippen LogP contribution is -2.68. The van der Waals surface area contributed by atoms with E-state index in [1.54, 1.807) is 0 Å². The van der Waals surface area contributed by atoms with Crippen molar-refractivity contribution in [2.45, 2.75) is 65.1 Å². The lowest BCUT2D eigenvalue weighted by Gasteiger charge is -2.46. The van der Waals surface area contributed by atoms with E-state index in [0.29, 0.717) is 0 Å². The van der Waals surface area contributed by atoms with Crippen LogP contribution >= 0.6 is 0 Å². The van der Waals surface area contributed by atoms with E-state index in [9.17, 15) is 9.59 Å². The summed E-state index contributed by atoms with van der Waals surface area (Å²) in [6, 6.07) is -0.519. The summed E-state index contributed by atoms with van der Waals surface area (Å²) >= 11 is 0. The number of piperidine rings is 1. The molecule has 0 saturated carbocycles. The zero-order valence-electron chi connectivity index (χ0n) is 13.8. The summed E-state index contributed by atoms with van der Waals surface area (Å²) < 4.78 is 0. The van der Waals surface area contributed by atoms with Crippen LogP contribution in [0.1, 0.15) is 47.0 Å². The number of amides is 2. The van der Waals surface area contributed by atoms with Gasteiger partial charge in [-0.25, -0.2) is 0 Å². The quantitative estimate of drug-likeness (QED) is 0.849. The molecule has 0 aromatic carbocycles. The van der Waals surface area contributed by atoms with Gasteiger partial charge < -0.3 is 15.1 Å². The number of carbonyl (C=O) groups is 2. The maximum absolute atomic E-state index is 12.9. The van der Waals surface area contributed by atoms with Gasteiger partial charge in [-0.3, -0.25) is 9.59 Å². The fourth-order valence-corrected chi connectivity index (χ4v) is 3.48. The molecule has 4 unspecified atom stereocenters. The molecule has 0 bridgehead atoms. The monoisotopic (exact) mass is 295 g/mol. The third kappa shape index (κ3) is 3.23. The van der Waals surface area contributed by atoms with E-state index < -0.39 is 0 Å². The van der Waals surface area contributed by atoms with Crippen molar-refractivity contribution >= 4 is 11.8 Å². The summed E-state index contributed by atoms with van der Waals surface area (Å²) in [5, 5.41) is 2.92. The molecule has 2 aliphatic heterocycles. The van der Waals surface area contributed by atoms with Gasteiger partial charge in [0.05, 0.1) is 0 Å². The Kier molecular flexibility index (Phi) is 5.25. The van der Waals surface area contributed by atoms with E-state index in [-0.39, 0.29) is 35.9 Å². The van der Waals surface area contributed by atoms with Crippen LogP contribution in [0.5, 0.6) is 0 Å². The van der Waals surface area contributed by atoms with E-state index in [1.165, 1.54) is 0 Å². The molecule has 0 radical (unpaired) electrons. The van der Waals surface area contributed by atoms with Gasteiger partial charge in [0.1, 0.15) is 12.1 Å². The van der Waals surface area contributed by atoms with Crippen LogP contribution in [0.4, 0.5) is 0 Å². The molecule has 0 aromatic heterocycles. The van der Waals surface area contributed by atoms with Crippen LogP contribution in [0.15, 0.2) is 0 Å². The van der Waals surface area contributed by atoms with Crippen LogP contribution in [-0.4, -0.2) is 59.4 Å². The van der Waals surface area contributed by atoms with E-state index in [1.807, 2.05) is 18.7 Å². The number of nitrogens with zero attached hydrogens (tertiary/aromatic N) is 2. The SMILES string of the molecule is CCC(C)C1NC(=O)C(C)N(C2CCCN(CC)C2)C1=O. The summed E-state index contributed by atoms with van der Waals surface area (Å²) in [5.41, 5.74) is 0. The molecule has 0 spiro atoms. The molecule has 0 aromatic rings. The number of likely N-dealkylation sites (N-methyl/N-ethyl adjacent to an activating group) is 1. The molecule has 5 nitrogen and oxygen atoms in total. The van der Waals surface area contributed by atoms with E-state index in [0.717, 1.165) is 38.9 Å². The highest BCUT2D eigenvalue weighted by molar-refractivity contribution is 5.97. The molecule has 0 aliphatic carbocycles. The Hall–Kier alpha value is -1.10. The van der Waals surface area contributed by atoms with Crippen molar-refractivity contribution < 1.29 is 9.59 Å². The predicted molar refractivity (Wildman–Crippen MR) is 82.8 cm³/mol. The first kappa shape index (κ1) is 16.3. The van der Waals surface area contributed by atoms with Gasteiger partial charge in [0, 0.05) is 12.6 Å². The van der Waals surface area contributed by atoms with Crippen molar-refractivity contribution in [2.24, 2.45) is 5.92 Å². The van der Waals surface area contributed by atoms with Gasteiger partial charge in [-0.1, -0.05) is 27.2 Å². The zero-order valence-corrected chi connectivity index (χ0v) is 13.8. The van der Waals surface area contributed by atoms with Gasteiger partial charge in [-0.15, -0.1) is 0 Å². The van der Waals surface area contributed by atoms with E-state index >= 15 is 0 Å². The Balaban J connectivity index is 2.18. The van der Waals surface area contributed by atoms with Gasteiger partial charge in [0.25, 0.3) is 0 Å². The average Bonchev–Trinajstić information content (AvgIpc) is 2.50. The fourth-order valence-electron chi connectivity index (χ4n) is 3.48. The maximum atomic E-state index is 12.9. The molecular weight excluding hydrogens is 266 g/mol. The van der Waals surface area contributed by atoms with E-state index in [4.69, 9.17) is 0 Å². The first-order valence-corrected chi connectivity index (χ1v) is 8.34. The molecular formula is C16H29N3O2. The summed E-state index contributed by atoms with van der Waals surface area (Å²) in [6.45, 7) is 11.1. The Bertz CT molecular complexity index is 399. The third-order valence-corrected chi connectivity index (χ3v) is 5.15. The number of piperazine rings is 1. The van der Waals surface area contributed by atoms with Crippen LogP contribution in [0.25, 0.3) is 0 Å². The molecule has 4 atom stereocenters. The van der Waals surface area contributed by atoms with Crippen LogP contribution in [0, 0.1) is 5.92 Å². The van der Waals surface area contributed by atoms with Crippen molar-refractivity contribution in [1.29, 1.82) is 0 Å². The number of hydrogen-bond donors (Lipinski definition) is 1. The van der Waals surface area contributed by atoms with Crippen LogP contribution in [-0.2, 0) is 9.59 Å². The van der Waals surface area contributed by atoms with Crippen molar-refractivity contribution in [2.75, 3.05) is 19.6 Å². The molecule has 2 rings (SSSR count). The normalized spacial score (nSPS) is 33.0. The number of hydrogen-bond acceptors (Lipinski definition) is 3. The summed E-state index contributed by atoms with van der Waals surface area (Å²) in [5.74, 6) is 0.287. The first-order chi connectivity index (χ1) is 9.99. The van der Waals surface area contributed by atoms with Gasteiger partial charge in [0.15, 0.2) is 0 Å². The molecule has 2 amide bonds. The smallest absolute Gasteiger partial charge is 0.246 e. The molecule has 2 saturated heterocycles. The second kappa shape index (κ2) is 6.77. The third-order valence-electron chi connectivity index (χ3n) is 5.15. The number of rotatable bonds is 4. The Labute approximate surface area is 128 Å². The Morgan fingerprint density at radius 3 is 2.67 bits per heavy atom. The Morgan fingerprint density at radius 2 is 2.05 bits per heavy atom. The minimum atomic E-state index is -0.351. The van der Waals surface area contributed by atoms with Crippen molar-refractivity contribution in [3.63, 3.8) is 0 Å². The minimum Gasteiger partial charge on any atom is -0.342 e. The van der Waals surface area contributed by atoms with Gasteiger partial charge in [-0.05, 0) is 38.8 Å². The zero-order chi connectivity index (χ0) is 15.6. The first-order valence-electron chi connectivity index (χ1n) is 8.34. The van der Waals surface area contributed by atoms with Crippen molar-refractivity contribution in [1.82, 2.24) is 15.1 Å². The molecule has 1 N–H and O–H groups in total. The summed E-state index contributed by atoms with van der Waals surface area (Å²) in [6.07, 6.45) is 3.00. The van der Waals surface area contributed by atoms with Crippen LogP contribution in [0.2, 0.25) is 0 Å². The van der Waals surface area contributed by atoms with E-state index in [2.05, 4.69) is 24.1 Å². The highest BCUT2D eigenvalue weighted by Crippen LogP contribution is 2.24. The molecule has 2 heterocycles. The predicted octanol–water partition coefficient (Wildman–Crippen LogP) is 1.23. The molecule has 2 aliphatic rings. The summed E-state index contributed by atoms with van der Waals surface area (Å²) in [7, 11) is 0. The van der Waals surface area contributed by atoms with Crippen LogP contribution in [0.3, 0.4) is 0 Å².